The standard InChI is InChI=1S/C10H16N2/c1-3-9-4-5-12-7-8(2)11-10(12)6-9/h7,9H,3-6H2,1-2H3. The second kappa shape index (κ2) is 2.92. The Morgan fingerprint density at radius 1 is 1.67 bits per heavy atom. The van der Waals surface area contributed by atoms with E-state index in [-0.39, 0.29) is 0 Å². The quantitative estimate of drug-likeness (QED) is 0.622. The zero-order chi connectivity index (χ0) is 8.55. The number of nitrogens with zero attached hydrogens (tertiary/aromatic N) is 2. The Morgan fingerprint density at radius 3 is 3.25 bits per heavy atom. The number of aromatic nitrogens is 2. The highest BCUT2D eigenvalue weighted by atomic mass is 15.1. The van der Waals surface area contributed by atoms with Crippen LogP contribution >= 0.6 is 0 Å². The van der Waals surface area contributed by atoms with Gasteiger partial charge in [0.05, 0.1) is 5.69 Å². The lowest BCUT2D eigenvalue weighted by Crippen LogP contribution is -2.18. The van der Waals surface area contributed by atoms with Gasteiger partial charge >= 0.3 is 0 Å². The van der Waals surface area contributed by atoms with Crippen LogP contribution in [0.15, 0.2) is 6.20 Å². The molecule has 0 amide bonds. The molecule has 1 atom stereocenters. The molecule has 2 heterocycles. The summed E-state index contributed by atoms with van der Waals surface area (Å²) in [5.41, 5.74) is 1.17. The molecule has 0 fully saturated rings. The van der Waals surface area contributed by atoms with E-state index in [0.29, 0.717) is 0 Å². The van der Waals surface area contributed by atoms with Crippen molar-refractivity contribution in [1.82, 2.24) is 9.55 Å². The average molecular weight is 164 g/mol. The summed E-state index contributed by atoms with van der Waals surface area (Å²) in [4.78, 5) is 4.51. The van der Waals surface area contributed by atoms with Gasteiger partial charge in [0.1, 0.15) is 5.82 Å². The molecule has 1 aliphatic rings. The van der Waals surface area contributed by atoms with Gasteiger partial charge in [-0.25, -0.2) is 4.98 Å². The molecule has 1 unspecified atom stereocenters. The summed E-state index contributed by atoms with van der Waals surface area (Å²) in [7, 11) is 0. The average Bonchev–Trinajstić information content (AvgIpc) is 2.43. The summed E-state index contributed by atoms with van der Waals surface area (Å²) < 4.78 is 2.31. The van der Waals surface area contributed by atoms with E-state index in [1.807, 2.05) is 0 Å². The predicted molar refractivity (Wildman–Crippen MR) is 49.1 cm³/mol. The van der Waals surface area contributed by atoms with Crippen LogP contribution < -0.4 is 0 Å². The number of hydrogen-bond donors (Lipinski definition) is 0. The topological polar surface area (TPSA) is 17.8 Å². The Balaban J connectivity index is 2.22. The Bertz CT molecular complexity index is 275. The van der Waals surface area contributed by atoms with E-state index in [2.05, 4.69) is 29.6 Å². The first kappa shape index (κ1) is 7.84. The van der Waals surface area contributed by atoms with Crippen LogP contribution in [0.3, 0.4) is 0 Å². The summed E-state index contributed by atoms with van der Waals surface area (Å²) in [5.74, 6) is 2.17. The molecule has 0 saturated heterocycles. The van der Waals surface area contributed by atoms with Crippen molar-refractivity contribution in [1.29, 1.82) is 0 Å². The molecule has 0 spiro atoms. The van der Waals surface area contributed by atoms with Gasteiger partial charge in [-0.05, 0) is 19.3 Å². The van der Waals surface area contributed by atoms with Gasteiger partial charge in [0.15, 0.2) is 0 Å². The number of rotatable bonds is 1. The van der Waals surface area contributed by atoms with Crippen LogP contribution in [-0.4, -0.2) is 9.55 Å². The van der Waals surface area contributed by atoms with E-state index in [4.69, 9.17) is 0 Å². The van der Waals surface area contributed by atoms with E-state index in [1.54, 1.807) is 0 Å². The fraction of sp³-hybridized carbons (Fsp3) is 0.700. The molecular formula is C10H16N2. The number of fused-ring (bicyclic) bond motifs is 1. The maximum atomic E-state index is 4.51. The third kappa shape index (κ3) is 1.26. The first-order valence-electron chi connectivity index (χ1n) is 4.82. The fourth-order valence-corrected chi connectivity index (χ4v) is 1.98. The molecule has 2 rings (SSSR count). The molecule has 0 bridgehead atoms. The first-order valence-corrected chi connectivity index (χ1v) is 4.82. The maximum absolute atomic E-state index is 4.51. The van der Waals surface area contributed by atoms with Gasteiger partial charge < -0.3 is 4.57 Å². The van der Waals surface area contributed by atoms with Crippen LogP contribution in [0.25, 0.3) is 0 Å². The van der Waals surface area contributed by atoms with E-state index in [1.165, 1.54) is 37.3 Å². The summed E-state index contributed by atoms with van der Waals surface area (Å²) in [6.45, 7) is 5.52. The molecule has 66 valence electrons. The van der Waals surface area contributed by atoms with Crippen molar-refractivity contribution < 1.29 is 0 Å². The molecular weight excluding hydrogens is 148 g/mol. The normalized spacial score (nSPS) is 22.3. The lowest BCUT2D eigenvalue weighted by atomic mass is 9.95. The lowest BCUT2D eigenvalue weighted by molar-refractivity contribution is 0.372. The van der Waals surface area contributed by atoms with Crippen molar-refractivity contribution in [3.8, 4) is 0 Å². The molecule has 0 saturated carbocycles. The molecule has 0 N–H and O–H groups in total. The molecule has 0 aromatic carbocycles. The van der Waals surface area contributed by atoms with Crippen molar-refractivity contribution in [2.75, 3.05) is 0 Å². The van der Waals surface area contributed by atoms with Gasteiger partial charge in [-0.15, -0.1) is 0 Å². The summed E-state index contributed by atoms with van der Waals surface area (Å²) >= 11 is 0. The molecule has 0 radical (unpaired) electrons. The van der Waals surface area contributed by atoms with Crippen molar-refractivity contribution in [2.45, 2.75) is 39.7 Å². The Labute approximate surface area is 73.6 Å². The Hall–Kier alpha value is -0.790. The number of aryl methyl sites for hydroxylation is 2. The fourth-order valence-electron chi connectivity index (χ4n) is 1.98. The van der Waals surface area contributed by atoms with Crippen LogP contribution in [0.1, 0.15) is 31.3 Å². The van der Waals surface area contributed by atoms with Crippen LogP contribution in [0.4, 0.5) is 0 Å². The second-order valence-electron chi connectivity index (χ2n) is 3.76. The van der Waals surface area contributed by atoms with Gasteiger partial charge in [0.25, 0.3) is 0 Å². The Morgan fingerprint density at radius 2 is 2.50 bits per heavy atom. The Kier molecular flexibility index (Phi) is 1.91. The van der Waals surface area contributed by atoms with Gasteiger partial charge in [0, 0.05) is 19.2 Å². The maximum Gasteiger partial charge on any atom is 0.109 e. The predicted octanol–water partition coefficient (Wildman–Crippen LogP) is 2.16. The zero-order valence-corrected chi connectivity index (χ0v) is 7.88. The van der Waals surface area contributed by atoms with Crippen molar-refractivity contribution in [3.63, 3.8) is 0 Å². The van der Waals surface area contributed by atoms with Crippen LogP contribution in [0.2, 0.25) is 0 Å². The van der Waals surface area contributed by atoms with E-state index >= 15 is 0 Å². The monoisotopic (exact) mass is 164 g/mol. The minimum absolute atomic E-state index is 0.874. The second-order valence-corrected chi connectivity index (χ2v) is 3.76. The third-order valence-electron chi connectivity index (χ3n) is 2.81. The highest BCUT2D eigenvalue weighted by Gasteiger charge is 2.17. The molecule has 12 heavy (non-hydrogen) atoms. The van der Waals surface area contributed by atoms with E-state index in [9.17, 15) is 0 Å². The summed E-state index contributed by atoms with van der Waals surface area (Å²) in [6.07, 6.45) is 5.98. The van der Waals surface area contributed by atoms with Crippen LogP contribution in [-0.2, 0) is 13.0 Å². The smallest absolute Gasteiger partial charge is 0.109 e. The third-order valence-corrected chi connectivity index (χ3v) is 2.81. The summed E-state index contributed by atoms with van der Waals surface area (Å²) in [6, 6.07) is 0. The molecule has 2 heteroatoms. The molecule has 0 aliphatic carbocycles. The zero-order valence-electron chi connectivity index (χ0n) is 7.88. The molecule has 2 nitrogen and oxygen atoms in total. The van der Waals surface area contributed by atoms with Crippen molar-refractivity contribution >= 4 is 0 Å². The van der Waals surface area contributed by atoms with Gasteiger partial charge in [0.2, 0.25) is 0 Å². The minimum Gasteiger partial charge on any atom is -0.335 e. The number of hydrogen-bond acceptors (Lipinski definition) is 1. The highest BCUT2D eigenvalue weighted by Crippen LogP contribution is 2.22. The largest absolute Gasteiger partial charge is 0.335 e. The van der Waals surface area contributed by atoms with Gasteiger partial charge in [-0.2, -0.15) is 0 Å². The first-order chi connectivity index (χ1) is 5.79. The van der Waals surface area contributed by atoms with Crippen LogP contribution in [0.5, 0.6) is 0 Å². The van der Waals surface area contributed by atoms with E-state index in [0.717, 1.165) is 5.92 Å². The number of imidazole rings is 1. The van der Waals surface area contributed by atoms with Crippen molar-refractivity contribution in [3.05, 3.63) is 17.7 Å². The molecule has 1 aliphatic heterocycles. The van der Waals surface area contributed by atoms with Crippen molar-refractivity contribution in [2.24, 2.45) is 5.92 Å². The molecule has 1 aromatic rings. The van der Waals surface area contributed by atoms with Gasteiger partial charge in [-0.1, -0.05) is 13.3 Å². The highest BCUT2D eigenvalue weighted by molar-refractivity contribution is 5.04. The summed E-state index contributed by atoms with van der Waals surface area (Å²) in [5, 5.41) is 0. The lowest BCUT2D eigenvalue weighted by Gasteiger charge is -2.21. The van der Waals surface area contributed by atoms with Crippen LogP contribution in [0, 0.1) is 12.8 Å². The van der Waals surface area contributed by atoms with Gasteiger partial charge in [-0.3, -0.25) is 0 Å². The van der Waals surface area contributed by atoms with E-state index < -0.39 is 0 Å². The SMILES string of the molecule is CCC1CCn2cc(C)nc2C1. The molecule has 1 aromatic heterocycles. The minimum atomic E-state index is 0.874.